The van der Waals surface area contributed by atoms with E-state index in [0.29, 0.717) is 0 Å². The van der Waals surface area contributed by atoms with Crippen LogP contribution in [0.15, 0.2) is 0 Å². The molecule has 3 nitrogen and oxygen atoms in total. The predicted molar refractivity (Wildman–Crippen MR) is 87.1 cm³/mol. The molecule has 1 aliphatic rings. The highest BCUT2D eigenvalue weighted by Crippen LogP contribution is 2.24. The van der Waals surface area contributed by atoms with Gasteiger partial charge in [-0.3, -0.25) is 0 Å². The molecule has 1 saturated heterocycles. The van der Waals surface area contributed by atoms with Crippen molar-refractivity contribution in [2.75, 3.05) is 26.2 Å². The maximum Gasteiger partial charge on any atom is 0.0613 e. The molecule has 0 amide bonds. The van der Waals surface area contributed by atoms with Gasteiger partial charge in [-0.15, -0.1) is 0 Å². The Kier molecular flexibility index (Phi) is 8.08. The number of aliphatic hydroxyl groups is 1. The van der Waals surface area contributed by atoms with Crippen LogP contribution >= 0.6 is 0 Å². The van der Waals surface area contributed by atoms with E-state index in [1.165, 1.54) is 32.4 Å². The van der Waals surface area contributed by atoms with Crippen LogP contribution in [-0.2, 0) is 0 Å². The first-order valence-corrected chi connectivity index (χ1v) is 8.68. The van der Waals surface area contributed by atoms with E-state index in [2.05, 4.69) is 37.9 Å². The van der Waals surface area contributed by atoms with Gasteiger partial charge >= 0.3 is 0 Å². The fourth-order valence-corrected chi connectivity index (χ4v) is 3.38. The highest BCUT2D eigenvalue weighted by atomic mass is 16.3. The molecule has 20 heavy (non-hydrogen) atoms. The van der Waals surface area contributed by atoms with Gasteiger partial charge < -0.3 is 15.3 Å². The van der Waals surface area contributed by atoms with Crippen LogP contribution in [0.1, 0.15) is 66.2 Å². The summed E-state index contributed by atoms with van der Waals surface area (Å²) >= 11 is 0. The van der Waals surface area contributed by atoms with Crippen LogP contribution in [0.2, 0.25) is 0 Å². The average molecular weight is 284 g/mol. The number of aliphatic hydroxyl groups excluding tert-OH is 1. The summed E-state index contributed by atoms with van der Waals surface area (Å²) in [5.74, 6) is 0.829. The second kappa shape index (κ2) is 9.01. The molecule has 1 heterocycles. The number of nitrogens with one attached hydrogen (secondary N) is 1. The molecule has 0 aromatic rings. The number of piperidine rings is 1. The quantitative estimate of drug-likeness (QED) is 0.683. The van der Waals surface area contributed by atoms with Crippen molar-refractivity contribution in [1.29, 1.82) is 0 Å². The molecule has 120 valence electrons. The van der Waals surface area contributed by atoms with Gasteiger partial charge in [0.15, 0.2) is 0 Å². The Morgan fingerprint density at radius 2 is 2.05 bits per heavy atom. The van der Waals surface area contributed by atoms with Gasteiger partial charge in [0.1, 0.15) is 0 Å². The van der Waals surface area contributed by atoms with Gasteiger partial charge in [-0.1, -0.05) is 20.8 Å². The Labute approximate surface area is 126 Å². The number of nitrogens with zero attached hydrogens (tertiary/aromatic N) is 1. The summed E-state index contributed by atoms with van der Waals surface area (Å²) < 4.78 is 0. The summed E-state index contributed by atoms with van der Waals surface area (Å²) in [5, 5.41) is 13.3. The lowest BCUT2D eigenvalue weighted by atomic mass is 9.89. The molecule has 0 bridgehead atoms. The first kappa shape index (κ1) is 17.9. The van der Waals surface area contributed by atoms with Crippen LogP contribution in [0, 0.1) is 5.92 Å². The molecule has 3 atom stereocenters. The zero-order chi connectivity index (χ0) is 15.0. The van der Waals surface area contributed by atoms with Crippen molar-refractivity contribution in [3.05, 3.63) is 0 Å². The van der Waals surface area contributed by atoms with Crippen molar-refractivity contribution in [2.45, 2.75) is 77.8 Å². The van der Waals surface area contributed by atoms with E-state index in [4.69, 9.17) is 0 Å². The third-order valence-electron chi connectivity index (χ3n) is 5.33. The second-order valence-corrected chi connectivity index (χ2v) is 6.72. The number of hydrogen-bond donors (Lipinski definition) is 2. The van der Waals surface area contributed by atoms with Crippen molar-refractivity contribution in [1.82, 2.24) is 10.2 Å². The molecule has 0 radical (unpaired) electrons. The number of rotatable bonds is 9. The zero-order valence-corrected chi connectivity index (χ0v) is 14.1. The van der Waals surface area contributed by atoms with Gasteiger partial charge in [0.05, 0.1) is 6.61 Å². The normalized spacial score (nSPS) is 27.4. The van der Waals surface area contributed by atoms with E-state index in [1.807, 2.05) is 0 Å². The third-order valence-corrected chi connectivity index (χ3v) is 5.33. The van der Waals surface area contributed by atoms with Crippen molar-refractivity contribution in [2.24, 2.45) is 5.92 Å². The minimum atomic E-state index is -0.0549. The average Bonchev–Trinajstić information content (AvgIpc) is 2.47. The highest BCUT2D eigenvalue weighted by molar-refractivity contribution is 4.87. The predicted octanol–water partition coefficient (Wildman–Crippen LogP) is 3.03. The molecular weight excluding hydrogens is 248 g/mol. The summed E-state index contributed by atoms with van der Waals surface area (Å²) in [5.41, 5.74) is -0.0549. The molecule has 1 aliphatic heterocycles. The molecule has 0 aromatic heterocycles. The van der Waals surface area contributed by atoms with Crippen molar-refractivity contribution >= 4 is 0 Å². The van der Waals surface area contributed by atoms with Crippen LogP contribution in [0.5, 0.6) is 0 Å². The molecule has 0 spiro atoms. The van der Waals surface area contributed by atoms with Crippen molar-refractivity contribution < 1.29 is 5.11 Å². The Morgan fingerprint density at radius 3 is 2.65 bits per heavy atom. The van der Waals surface area contributed by atoms with E-state index in [0.717, 1.165) is 37.8 Å². The topological polar surface area (TPSA) is 35.5 Å². The molecule has 3 heteroatoms. The standard InChI is InChI=1S/C17H36N2O/c1-5-11-18-17(6-2,14-20)10-8-13-19-12-7-9-15(3)16(19)4/h15-16,18,20H,5-14H2,1-4H3. The van der Waals surface area contributed by atoms with E-state index in [-0.39, 0.29) is 12.1 Å². The Bertz CT molecular complexity index is 253. The maximum atomic E-state index is 9.76. The number of likely N-dealkylation sites (tertiary alicyclic amines) is 1. The van der Waals surface area contributed by atoms with E-state index < -0.39 is 0 Å². The Morgan fingerprint density at radius 1 is 1.30 bits per heavy atom. The first-order valence-electron chi connectivity index (χ1n) is 8.68. The van der Waals surface area contributed by atoms with Gasteiger partial charge in [-0.25, -0.2) is 0 Å². The molecule has 1 rings (SSSR count). The summed E-state index contributed by atoms with van der Waals surface area (Å²) in [6.45, 7) is 12.8. The zero-order valence-electron chi connectivity index (χ0n) is 14.1. The lowest BCUT2D eigenvalue weighted by Gasteiger charge is -2.39. The minimum Gasteiger partial charge on any atom is -0.394 e. The van der Waals surface area contributed by atoms with E-state index >= 15 is 0 Å². The first-order chi connectivity index (χ1) is 9.58. The SMILES string of the molecule is CCCNC(CC)(CO)CCCN1CCCC(C)C1C. The lowest BCUT2D eigenvalue weighted by molar-refractivity contribution is 0.0983. The van der Waals surface area contributed by atoms with Gasteiger partial charge in [0.2, 0.25) is 0 Å². The summed E-state index contributed by atoms with van der Waals surface area (Å²) in [6, 6.07) is 0.720. The van der Waals surface area contributed by atoms with Crippen LogP contribution < -0.4 is 5.32 Å². The third kappa shape index (κ3) is 5.01. The lowest BCUT2D eigenvalue weighted by Crippen LogP contribution is -2.49. The van der Waals surface area contributed by atoms with Gasteiger partial charge in [0, 0.05) is 11.6 Å². The number of hydrogen-bond acceptors (Lipinski definition) is 3. The maximum absolute atomic E-state index is 9.76. The Hall–Kier alpha value is -0.120. The molecular formula is C17H36N2O. The second-order valence-electron chi connectivity index (χ2n) is 6.72. The van der Waals surface area contributed by atoms with Crippen LogP contribution in [0.3, 0.4) is 0 Å². The van der Waals surface area contributed by atoms with Crippen LogP contribution in [0.4, 0.5) is 0 Å². The van der Waals surface area contributed by atoms with E-state index in [9.17, 15) is 5.11 Å². The smallest absolute Gasteiger partial charge is 0.0613 e. The summed E-state index contributed by atoms with van der Waals surface area (Å²) in [7, 11) is 0. The van der Waals surface area contributed by atoms with Crippen LogP contribution in [-0.4, -0.2) is 47.8 Å². The highest BCUT2D eigenvalue weighted by Gasteiger charge is 2.28. The fraction of sp³-hybridized carbons (Fsp3) is 1.00. The largest absolute Gasteiger partial charge is 0.394 e. The molecule has 3 unspecified atom stereocenters. The molecule has 2 N–H and O–H groups in total. The summed E-state index contributed by atoms with van der Waals surface area (Å²) in [6.07, 6.45) is 7.13. The Balaban J connectivity index is 2.39. The van der Waals surface area contributed by atoms with Crippen molar-refractivity contribution in [3.63, 3.8) is 0 Å². The van der Waals surface area contributed by atoms with Gasteiger partial charge in [-0.05, 0) is 71.0 Å². The molecule has 0 saturated carbocycles. The van der Waals surface area contributed by atoms with Crippen molar-refractivity contribution in [3.8, 4) is 0 Å². The molecule has 0 aliphatic carbocycles. The van der Waals surface area contributed by atoms with E-state index in [1.54, 1.807) is 0 Å². The molecule has 0 aromatic carbocycles. The van der Waals surface area contributed by atoms with Crippen LogP contribution in [0.25, 0.3) is 0 Å². The fourth-order valence-electron chi connectivity index (χ4n) is 3.38. The minimum absolute atomic E-state index is 0.0549. The molecule has 1 fully saturated rings. The van der Waals surface area contributed by atoms with Gasteiger partial charge in [0.25, 0.3) is 0 Å². The van der Waals surface area contributed by atoms with Gasteiger partial charge in [-0.2, -0.15) is 0 Å². The monoisotopic (exact) mass is 284 g/mol. The summed E-state index contributed by atoms with van der Waals surface area (Å²) in [4.78, 5) is 2.64.